The highest BCUT2D eigenvalue weighted by Crippen LogP contribution is 2.18. The maximum atomic E-state index is 5.33. The molecule has 1 aromatic carbocycles. The minimum Gasteiger partial charge on any atom is -0.293 e. The van der Waals surface area contributed by atoms with Crippen molar-refractivity contribution in [2.75, 3.05) is 6.54 Å². The molecule has 0 fully saturated rings. The fourth-order valence-electron chi connectivity index (χ4n) is 2.51. The third-order valence-electron chi connectivity index (χ3n) is 3.45. The van der Waals surface area contributed by atoms with E-state index >= 15 is 0 Å². The van der Waals surface area contributed by atoms with Crippen LogP contribution in [0.15, 0.2) is 30.3 Å². The SMILES string of the molecule is C#CCn1nnc2c1CCN(Cc1ccccc1)C2. The first-order valence-corrected chi connectivity index (χ1v) is 6.48. The van der Waals surface area contributed by atoms with E-state index in [1.807, 2.05) is 10.7 Å². The number of rotatable bonds is 3. The Hall–Kier alpha value is -2.12. The maximum absolute atomic E-state index is 5.33. The normalized spacial score (nSPS) is 14.9. The Labute approximate surface area is 113 Å². The molecule has 0 radical (unpaired) electrons. The molecule has 4 heteroatoms. The van der Waals surface area contributed by atoms with Gasteiger partial charge in [-0.25, -0.2) is 4.68 Å². The predicted molar refractivity (Wildman–Crippen MR) is 73.1 cm³/mol. The van der Waals surface area contributed by atoms with Gasteiger partial charge in [-0.15, -0.1) is 11.5 Å². The lowest BCUT2D eigenvalue weighted by Gasteiger charge is -2.26. The fraction of sp³-hybridized carbons (Fsp3) is 0.333. The molecule has 4 nitrogen and oxygen atoms in total. The van der Waals surface area contributed by atoms with E-state index in [4.69, 9.17) is 6.42 Å². The van der Waals surface area contributed by atoms with Crippen molar-refractivity contribution in [2.24, 2.45) is 0 Å². The monoisotopic (exact) mass is 252 g/mol. The summed E-state index contributed by atoms with van der Waals surface area (Å²) in [4.78, 5) is 2.40. The van der Waals surface area contributed by atoms with Crippen molar-refractivity contribution in [1.82, 2.24) is 19.9 Å². The minimum atomic E-state index is 0.515. The third kappa shape index (κ3) is 2.51. The van der Waals surface area contributed by atoms with Crippen LogP contribution in [0.4, 0.5) is 0 Å². The molecular weight excluding hydrogens is 236 g/mol. The molecule has 0 N–H and O–H groups in total. The van der Waals surface area contributed by atoms with Crippen LogP contribution in [0.2, 0.25) is 0 Å². The maximum Gasteiger partial charge on any atom is 0.103 e. The number of fused-ring (bicyclic) bond motifs is 1. The Bertz CT molecular complexity index is 594. The van der Waals surface area contributed by atoms with E-state index in [9.17, 15) is 0 Å². The van der Waals surface area contributed by atoms with Crippen molar-refractivity contribution in [3.8, 4) is 12.3 Å². The van der Waals surface area contributed by atoms with E-state index < -0.39 is 0 Å². The summed E-state index contributed by atoms with van der Waals surface area (Å²) in [5.74, 6) is 2.62. The van der Waals surface area contributed by atoms with Crippen LogP contribution < -0.4 is 0 Å². The Morgan fingerprint density at radius 3 is 2.89 bits per heavy atom. The van der Waals surface area contributed by atoms with Gasteiger partial charge in [0.1, 0.15) is 6.54 Å². The first-order valence-electron chi connectivity index (χ1n) is 6.48. The Morgan fingerprint density at radius 2 is 2.11 bits per heavy atom. The first kappa shape index (κ1) is 11.9. The number of benzene rings is 1. The van der Waals surface area contributed by atoms with Gasteiger partial charge >= 0.3 is 0 Å². The van der Waals surface area contributed by atoms with Gasteiger partial charge in [-0.3, -0.25) is 4.90 Å². The number of nitrogens with zero attached hydrogens (tertiary/aromatic N) is 4. The van der Waals surface area contributed by atoms with E-state index in [1.165, 1.54) is 11.3 Å². The molecule has 3 rings (SSSR count). The van der Waals surface area contributed by atoms with Crippen LogP contribution in [0.25, 0.3) is 0 Å². The minimum absolute atomic E-state index is 0.515. The number of aromatic nitrogens is 3. The lowest BCUT2D eigenvalue weighted by molar-refractivity contribution is 0.240. The molecule has 0 bridgehead atoms. The zero-order valence-electron chi connectivity index (χ0n) is 10.8. The molecule has 1 aliphatic heterocycles. The van der Waals surface area contributed by atoms with Crippen molar-refractivity contribution in [2.45, 2.75) is 26.1 Å². The molecular formula is C15H16N4. The van der Waals surface area contributed by atoms with Gasteiger partial charge < -0.3 is 0 Å². The van der Waals surface area contributed by atoms with E-state index in [1.54, 1.807) is 0 Å². The summed E-state index contributed by atoms with van der Waals surface area (Å²) in [5.41, 5.74) is 3.60. The molecule has 19 heavy (non-hydrogen) atoms. The van der Waals surface area contributed by atoms with Gasteiger partial charge in [0.2, 0.25) is 0 Å². The molecule has 1 aromatic heterocycles. The first-order chi connectivity index (χ1) is 9.36. The smallest absolute Gasteiger partial charge is 0.103 e. The van der Waals surface area contributed by atoms with Gasteiger partial charge in [0, 0.05) is 26.1 Å². The van der Waals surface area contributed by atoms with Gasteiger partial charge in [-0.1, -0.05) is 41.5 Å². The average molecular weight is 252 g/mol. The Kier molecular flexibility index (Phi) is 3.30. The highest BCUT2D eigenvalue weighted by Gasteiger charge is 2.21. The van der Waals surface area contributed by atoms with Crippen molar-refractivity contribution in [1.29, 1.82) is 0 Å². The van der Waals surface area contributed by atoms with Crippen molar-refractivity contribution >= 4 is 0 Å². The van der Waals surface area contributed by atoms with Crippen molar-refractivity contribution < 1.29 is 0 Å². The van der Waals surface area contributed by atoms with Crippen LogP contribution in [0.1, 0.15) is 17.0 Å². The summed E-state index contributed by atoms with van der Waals surface area (Å²) in [7, 11) is 0. The molecule has 0 spiro atoms. The van der Waals surface area contributed by atoms with E-state index in [2.05, 4.69) is 45.4 Å². The summed E-state index contributed by atoms with van der Waals surface area (Å²) < 4.78 is 1.84. The van der Waals surface area contributed by atoms with Gasteiger partial charge in [0.25, 0.3) is 0 Å². The van der Waals surface area contributed by atoms with Crippen LogP contribution in [-0.2, 0) is 26.1 Å². The highest BCUT2D eigenvalue weighted by molar-refractivity contribution is 5.18. The fourth-order valence-corrected chi connectivity index (χ4v) is 2.51. The van der Waals surface area contributed by atoms with Crippen LogP contribution in [-0.4, -0.2) is 26.4 Å². The summed E-state index contributed by atoms with van der Waals surface area (Å²) in [6, 6.07) is 10.5. The molecule has 0 atom stereocenters. The lowest BCUT2D eigenvalue weighted by Crippen LogP contribution is -2.30. The Balaban J connectivity index is 1.71. The van der Waals surface area contributed by atoms with Crippen molar-refractivity contribution in [3.63, 3.8) is 0 Å². The van der Waals surface area contributed by atoms with E-state index in [0.717, 1.165) is 31.7 Å². The summed E-state index contributed by atoms with van der Waals surface area (Å²) in [6.07, 6.45) is 6.30. The quantitative estimate of drug-likeness (QED) is 0.776. The molecule has 2 heterocycles. The molecule has 0 saturated carbocycles. The topological polar surface area (TPSA) is 34.0 Å². The van der Waals surface area contributed by atoms with Crippen LogP contribution in [0.3, 0.4) is 0 Å². The number of terminal acetylenes is 1. The number of hydrogen-bond acceptors (Lipinski definition) is 3. The number of hydrogen-bond donors (Lipinski definition) is 0. The second-order valence-electron chi connectivity index (χ2n) is 4.79. The van der Waals surface area contributed by atoms with Gasteiger partial charge in [-0.2, -0.15) is 0 Å². The summed E-state index contributed by atoms with van der Waals surface area (Å²) in [6.45, 7) is 3.36. The van der Waals surface area contributed by atoms with Gasteiger partial charge in [0.05, 0.1) is 11.4 Å². The van der Waals surface area contributed by atoms with Crippen LogP contribution in [0.5, 0.6) is 0 Å². The van der Waals surface area contributed by atoms with Gasteiger partial charge in [0.15, 0.2) is 0 Å². The standard InChI is InChI=1S/C15H16N4/c1-2-9-19-15-8-10-18(12-14(15)16-17-19)11-13-6-4-3-5-7-13/h1,3-7H,8-12H2. The largest absolute Gasteiger partial charge is 0.293 e. The molecule has 2 aromatic rings. The van der Waals surface area contributed by atoms with E-state index in [-0.39, 0.29) is 0 Å². The summed E-state index contributed by atoms with van der Waals surface area (Å²) in [5, 5.41) is 8.37. The average Bonchev–Trinajstić information content (AvgIpc) is 2.83. The third-order valence-corrected chi connectivity index (χ3v) is 3.45. The molecule has 0 aliphatic carbocycles. The predicted octanol–water partition coefficient (Wildman–Crippen LogP) is 1.47. The van der Waals surface area contributed by atoms with Gasteiger partial charge in [-0.05, 0) is 5.56 Å². The second kappa shape index (κ2) is 5.25. The molecule has 0 unspecified atom stereocenters. The highest BCUT2D eigenvalue weighted by atomic mass is 15.4. The second-order valence-corrected chi connectivity index (χ2v) is 4.79. The zero-order valence-corrected chi connectivity index (χ0v) is 10.8. The lowest BCUT2D eigenvalue weighted by atomic mass is 10.1. The molecule has 1 aliphatic rings. The molecule has 96 valence electrons. The van der Waals surface area contributed by atoms with Crippen molar-refractivity contribution in [3.05, 3.63) is 47.3 Å². The summed E-state index contributed by atoms with van der Waals surface area (Å²) >= 11 is 0. The van der Waals surface area contributed by atoms with E-state index in [0.29, 0.717) is 6.54 Å². The van der Waals surface area contributed by atoms with Crippen LogP contribution >= 0.6 is 0 Å². The zero-order chi connectivity index (χ0) is 13.1. The molecule has 0 saturated heterocycles. The Morgan fingerprint density at radius 1 is 1.26 bits per heavy atom. The molecule has 0 amide bonds. The van der Waals surface area contributed by atoms with Crippen LogP contribution in [0, 0.1) is 12.3 Å².